The number of nitrogens with zero attached hydrogens (tertiary/aromatic N) is 2. The lowest BCUT2D eigenvalue weighted by molar-refractivity contribution is 0.0218. The number of likely N-dealkylation sites (tertiary alicyclic amines) is 1. The van der Waals surface area contributed by atoms with Crippen molar-refractivity contribution < 1.29 is 9.53 Å². The third-order valence-corrected chi connectivity index (χ3v) is 4.51. The molecule has 0 spiro atoms. The Balaban J connectivity index is 2.15. The van der Waals surface area contributed by atoms with Gasteiger partial charge in [-0.1, -0.05) is 0 Å². The van der Waals surface area contributed by atoms with Gasteiger partial charge in [0.2, 0.25) is 0 Å². The molecule has 2 rings (SSSR count). The molecule has 1 atom stereocenters. The SMILES string of the molecule is CC(C)(C)OC(=O)N1CCCC1c1nc(Br)c(Br)[nH]1. The lowest BCUT2D eigenvalue weighted by Crippen LogP contribution is -2.36. The van der Waals surface area contributed by atoms with Crippen LogP contribution in [0.5, 0.6) is 0 Å². The number of carbonyl (C=O) groups is 1. The Morgan fingerprint density at radius 1 is 1.47 bits per heavy atom. The number of aromatic amines is 1. The number of aromatic nitrogens is 2. The second-order valence-corrected chi connectivity index (χ2v) is 7.10. The fourth-order valence-corrected chi connectivity index (χ4v) is 2.68. The number of hydrogen-bond donors (Lipinski definition) is 1. The molecule has 1 fully saturated rings. The van der Waals surface area contributed by atoms with Crippen molar-refractivity contribution in [3.05, 3.63) is 15.0 Å². The van der Waals surface area contributed by atoms with E-state index in [4.69, 9.17) is 4.74 Å². The van der Waals surface area contributed by atoms with Crippen LogP contribution in [0.1, 0.15) is 45.5 Å². The number of rotatable bonds is 1. The molecule has 1 N–H and O–H groups in total. The third kappa shape index (κ3) is 3.51. The van der Waals surface area contributed by atoms with Crippen molar-refractivity contribution in [3.63, 3.8) is 0 Å². The number of amides is 1. The van der Waals surface area contributed by atoms with Crippen LogP contribution in [0.25, 0.3) is 0 Å². The Bertz CT molecular complexity index is 462. The number of imidazole rings is 1. The fourth-order valence-electron chi connectivity index (χ4n) is 2.09. The van der Waals surface area contributed by atoms with Crippen molar-refractivity contribution in [1.29, 1.82) is 0 Å². The van der Waals surface area contributed by atoms with Gasteiger partial charge in [0.15, 0.2) is 0 Å². The molecule has 5 nitrogen and oxygen atoms in total. The largest absolute Gasteiger partial charge is 0.444 e. The van der Waals surface area contributed by atoms with Gasteiger partial charge in [0.25, 0.3) is 0 Å². The van der Waals surface area contributed by atoms with Gasteiger partial charge in [-0.25, -0.2) is 9.78 Å². The Labute approximate surface area is 129 Å². The zero-order valence-corrected chi connectivity index (χ0v) is 14.3. The summed E-state index contributed by atoms with van der Waals surface area (Å²) in [5, 5.41) is 0. The van der Waals surface area contributed by atoms with Gasteiger partial charge < -0.3 is 9.72 Å². The molecular weight excluding hydrogens is 378 g/mol. The second-order valence-electron chi connectivity index (χ2n) is 5.56. The van der Waals surface area contributed by atoms with Gasteiger partial charge in [0.05, 0.1) is 6.04 Å². The summed E-state index contributed by atoms with van der Waals surface area (Å²) in [5.41, 5.74) is -0.478. The minimum atomic E-state index is -0.478. The van der Waals surface area contributed by atoms with Crippen molar-refractivity contribution in [2.75, 3.05) is 6.54 Å². The standard InChI is InChI=1S/C12H17Br2N3O2/c1-12(2,3)19-11(18)17-6-4-5-7(17)10-15-8(13)9(14)16-10/h7H,4-6H2,1-3H3,(H,15,16). The molecular formula is C12H17Br2N3O2. The summed E-state index contributed by atoms with van der Waals surface area (Å²) < 4.78 is 6.94. The zero-order chi connectivity index (χ0) is 14.2. The molecule has 2 heterocycles. The number of hydrogen-bond acceptors (Lipinski definition) is 3. The maximum atomic E-state index is 12.2. The van der Waals surface area contributed by atoms with Crippen molar-refractivity contribution >= 4 is 38.0 Å². The van der Waals surface area contributed by atoms with E-state index >= 15 is 0 Å². The molecule has 0 saturated carbocycles. The summed E-state index contributed by atoms with van der Waals surface area (Å²) in [6.07, 6.45) is 1.57. The molecule has 106 valence electrons. The van der Waals surface area contributed by atoms with Crippen LogP contribution < -0.4 is 0 Å². The molecule has 19 heavy (non-hydrogen) atoms. The van der Waals surface area contributed by atoms with E-state index in [-0.39, 0.29) is 12.1 Å². The Hall–Kier alpha value is -0.560. The van der Waals surface area contributed by atoms with Gasteiger partial charge in [-0.3, -0.25) is 4.90 Å². The lowest BCUT2D eigenvalue weighted by Gasteiger charge is -2.27. The number of nitrogens with one attached hydrogen (secondary N) is 1. The summed E-state index contributed by atoms with van der Waals surface area (Å²) in [4.78, 5) is 21.4. The van der Waals surface area contributed by atoms with Gasteiger partial charge in [0.1, 0.15) is 20.6 Å². The number of ether oxygens (including phenoxy) is 1. The molecule has 0 aliphatic carbocycles. The van der Waals surface area contributed by atoms with E-state index in [0.717, 1.165) is 27.9 Å². The summed E-state index contributed by atoms with van der Waals surface area (Å²) in [6.45, 7) is 6.32. The molecule has 1 aliphatic rings. The topological polar surface area (TPSA) is 58.2 Å². The van der Waals surface area contributed by atoms with Gasteiger partial charge in [-0.05, 0) is 65.5 Å². The van der Waals surface area contributed by atoms with E-state index in [0.29, 0.717) is 6.54 Å². The fraction of sp³-hybridized carbons (Fsp3) is 0.667. The highest BCUT2D eigenvalue weighted by Gasteiger charge is 2.35. The molecule has 1 unspecified atom stereocenters. The number of halogens is 2. The van der Waals surface area contributed by atoms with E-state index in [2.05, 4.69) is 41.8 Å². The van der Waals surface area contributed by atoms with Crippen LogP contribution in [-0.4, -0.2) is 33.1 Å². The highest BCUT2D eigenvalue weighted by atomic mass is 79.9. The number of carbonyl (C=O) groups excluding carboxylic acids is 1. The predicted octanol–water partition coefficient (Wildman–Crippen LogP) is 4.01. The third-order valence-electron chi connectivity index (χ3n) is 2.83. The molecule has 0 bridgehead atoms. The summed E-state index contributed by atoms with van der Waals surface area (Å²) in [5.74, 6) is 0.780. The molecule has 7 heteroatoms. The normalized spacial score (nSPS) is 19.8. The Kier molecular flexibility index (Phi) is 4.25. The van der Waals surface area contributed by atoms with Crippen molar-refractivity contribution in [2.24, 2.45) is 0 Å². The maximum absolute atomic E-state index is 12.2. The van der Waals surface area contributed by atoms with E-state index in [1.54, 1.807) is 4.90 Å². The minimum absolute atomic E-state index is 0.0440. The number of H-pyrrole nitrogens is 1. The smallest absolute Gasteiger partial charge is 0.410 e. The van der Waals surface area contributed by atoms with Gasteiger partial charge >= 0.3 is 6.09 Å². The lowest BCUT2D eigenvalue weighted by atomic mass is 10.2. The van der Waals surface area contributed by atoms with Crippen LogP contribution in [0.15, 0.2) is 9.21 Å². The van der Waals surface area contributed by atoms with E-state index in [1.807, 2.05) is 20.8 Å². The monoisotopic (exact) mass is 393 g/mol. The minimum Gasteiger partial charge on any atom is -0.444 e. The Morgan fingerprint density at radius 2 is 2.16 bits per heavy atom. The average molecular weight is 395 g/mol. The van der Waals surface area contributed by atoms with E-state index < -0.39 is 5.60 Å². The van der Waals surface area contributed by atoms with Gasteiger partial charge in [-0.2, -0.15) is 0 Å². The first-order chi connectivity index (χ1) is 8.78. The van der Waals surface area contributed by atoms with Crippen LogP contribution in [-0.2, 0) is 4.74 Å². The Morgan fingerprint density at radius 3 is 2.68 bits per heavy atom. The maximum Gasteiger partial charge on any atom is 0.410 e. The molecule has 0 aromatic carbocycles. The van der Waals surface area contributed by atoms with Crippen LogP contribution >= 0.6 is 31.9 Å². The predicted molar refractivity (Wildman–Crippen MR) is 78.9 cm³/mol. The molecule has 1 aromatic heterocycles. The van der Waals surface area contributed by atoms with Crippen molar-refractivity contribution in [3.8, 4) is 0 Å². The first-order valence-electron chi connectivity index (χ1n) is 6.18. The van der Waals surface area contributed by atoms with E-state index in [9.17, 15) is 4.79 Å². The average Bonchev–Trinajstić information content (AvgIpc) is 2.83. The molecule has 1 amide bonds. The van der Waals surface area contributed by atoms with Crippen LogP contribution in [0, 0.1) is 0 Å². The summed E-state index contributed by atoms with van der Waals surface area (Å²) >= 11 is 6.71. The molecule has 1 aromatic rings. The second kappa shape index (κ2) is 5.44. The summed E-state index contributed by atoms with van der Waals surface area (Å²) in [7, 11) is 0. The van der Waals surface area contributed by atoms with Crippen LogP contribution in [0.4, 0.5) is 4.79 Å². The molecule has 1 saturated heterocycles. The first-order valence-corrected chi connectivity index (χ1v) is 7.77. The molecule has 1 aliphatic heterocycles. The molecule has 0 radical (unpaired) electrons. The van der Waals surface area contributed by atoms with Crippen molar-refractivity contribution in [2.45, 2.75) is 45.3 Å². The summed E-state index contributed by atoms with van der Waals surface area (Å²) in [6, 6.07) is -0.0440. The van der Waals surface area contributed by atoms with Gasteiger partial charge in [0, 0.05) is 6.54 Å². The van der Waals surface area contributed by atoms with Crippen LogP contribution in [0.2, 0.25) is 0 Å². The quantitative estimate of drug-likeness (QED) is 0.782. The van der Waals surface area contributed by atoms with Gasteiger partial charge in [-0.15, -0.1) is 0 Å². The highest BCUT2D eigenvalue weighted by molar-refractivity contribution is 9.13. The van der Waals surface area contributed by atoms with E-state index in [1.165, 1.54) is 0 Å². The highest BCUT2D eigenvalue weighted by Crippen LogP contribution is 2.33. The first kappa shape index (κ1) is 14.8. The zero-order valence-electron chi connectivity index (χ0n) is 11.2. The van der Waals surface area contributed by atoms with Crippen LogP contribution in [0.3, 0.4) is 0 Å². The van der Waals surface area contributed by atoms with Crippen molar-refractivity contribution in [1.82, 2.24) is 14.9 Å².